The number of imide groups is 2. The molecule has 0 saturated heterocycles. The van der Waals surface area contributed by atoms with Crippen molar-refractivity contribution < 1.29 is 38.1 Å². The Kier molecular flexibility index (Phi) is 38.2. The van der Waals surface area contributed by atoms with E-state index >= 15 is 0 Å². The number of carbonyl (C=O) groups is 4. The molecule has 2 aliphatic carbocycles. The van der Waals surface area contributed by atoms with Crippen LogP contribution in [0.2, 0.25) is 29.6 Å². The number of fused-ring (bicyclic) bond motifs is 6. The van der Waals surface area contributed by atoms with E-state index in [4.69, 9.17) is 18.9 Å². The maximum atomic E-state index is 14.1. The van der Waals surface area contributed by atoms with Crippen molar-refractivity contribution in [3.8, 4) is 9.75 Å². The van der Waals surface area contributed by atoms with E-state index in [0.29, 0.717) is 64.9 Å². The summed E-state index contributed by atoms with van der Waals surface area (Å²) < 4.78 is 32.7. The summed E-state index contributed by atoms with van der Waals surface area (Å²) in [6, 6.07) is 9.74. The molecule has 109 heavy (non-hydrogen) atoms. The summed E-state index contributed by atoms with van der Waals surface area (Å²) in [5.41, 5.74) is 7.58. The van der Waals surface area contributed by atoms with Gasteiger partial charge in [-0.2, -0.15) is 0 Å². The first-order chi connectivity index (χ1) is 52.1. The third kappa shape index (κ3) is 23.5. The minimum Gasteiger partial charge on any atom is -0.368 e. The number of aryl methyl sites for hydroxylation is 2. The predicted octanol–water partition coefficient (Wildman–Crippen LogP) is 28.3. The largest absolute Gasteiger partial charge is 0.368 e. The molecular formula is C89H136Br2N2O8S6Sn2. The zero-order chi connectivity index (χ0) is 79.6. The monoisotopic (exact) mass is 1950 g/mol. The standard InChI is InChI=1S/C42H61NO4S3.C27H40O2S2.C14H17Br2NO2S.6CH3.2Sn/c1-9-15-18-28(12-4)23-43-41(44)34-27(8)49-40(35(34)42(43)45)33-22-32-37(47-25-30(14-6)20-17-11-3)38-31(21-26(7)48-38)36(39(32)50-33)46-24-29(13-5)19-16-10-2;1-5-9-11-20(7-3)13-16-28-24-22-14-17-31-27(22)25(23-15-18-30-26(23)24)29-19-21(8-4)12-10-6-2;1-3-5-6-8(4-2)7-17-13(18)9-10(14(17)19)12(16)20-11(9)15;;;;;;;;/h21-22,28-30,36-37H,9-20,23-25H2,1-8H3;14-15,20-21,24-25H,5-13,16,19H2,1-4H3;8H,3-7H2,1-2H3;6*1H3;;. The van der Waals surface area contributed by atoms with Crippen molar-refractivity contribution in [1.29, 1.82) is 0 Å². The van der Waals surface area contributed by atoms with Crippen LogP contribution in [-0.2, 0) is 18.9 Å². The van der Waals surface area contributed by atoms with Crippen molar-refractivity contribution in [3.05, 3.63) is 106 Å². The fraction of sp³-hybridized carbons (Fsp3) is 0.685. The van der Waals surface area contributed by atoms with Crippen LogP contribution in [0.25, 0.3) is 9.75 Å². The van der Waals surface area contributed by atoms with Gasteiger partial charge in [-0.05, 0) is 107 Å². The minimum absolute atomic E-state index is 0.0875. The average molecular weight is 1950 g/mol. The van der Waals surface area contributed by atoms with E-state index in [1.165, 1.54) is 159 Å². The predicted molar refractivity (Wildman–Crippen MR) is 482 cm³/mol. The number of unbranched alkanes of at least 4 members (excludes halogenated alkanes) is 6. The van der Waals surface area contributed by atoms with Gasteiger partial charge in [0.1, 0.15) is 12.2 Å². The summed E-state index contributed by atoms with van der Waals surface area (Å²) in [5.74, 6) is 2.67. The molecule has 6 aromatic heterocycles. The zero-order valence-corrected chi connectivity index (χ0v) is 84.1. The SMILES string of the molecule is CCCCC(CC)CCOC1c2c[c]([Sn]([CH3])([CH3])[CH3])sc2C(OCC(CC)CCCC)c2c[c]([Sn]([CH3])([CH3])[CH3])sc21.CCCCC(CC)CN1C(=O)c2c(Br)sc(Br)c2C1=O.CCCCC(CC)COC1c2cc(-c3sc(C)c4c3C(=O)N(CC(CC)CCCC)C4=O)sc2C(OCC(CC)CCCC)c2cc(C)sc21. The van der Waals surface area contributed by atoms with Gasteiger partial charge in [0.25, 0.3) is 23.6 Å². The molecule has 4 aliphatic rings. The normalized spacial score (nSPS) is 18.4. The van der Waals surface area contributed by atoms with Gasteiger partial charge in [-0.15, -0.1) is 45.3 Å². The Hall–Kier alpha value is -1.12. The van der Waals surface area contributed by atoms with Crippen molar-refractivity contribution >= 4 is 166 Å². The number of halogens is 2. The van der Waals surface area contributed by atoms with Crippen LogP contribution in [-0.4, -0.2) is 110 Å². The van der Waals surface area contributed by atoms with Crippen LogP contribution in [0.1, 0.15) is 361 Å². The third-order valence-corrected chi connectivity index (χ3v) is 50.6. The van der Waals surface area contributed by atoms with Gasteiger partial charge in [0.2, 0.25) is 0 Å². The Bertz CT molecular complexity index is 3730. The Morgan fingerprint density at radius 3 is 1.09 bits per heavy atom. The van der Waals surface area contributed by atoms with Crippen LogP contribution in [0.3, 0.4) is 0 Å². The number of ether oxygens (including phenoxy) is 4. The topological polar surface area (TPSA) is 112 Å². The fourth-order valence-electron chi connectivity index (χ4n) is 15.7. The van der Waals surface area contributed by atoms with Crippen LogP contribution in [0.15, 0.2) is 31.8 Å². The molecule has 2 aliphatic heterocycles. The van der Waals surface area contributed by atoms with E-state index in [-0.39, 0.29) is 48.0 Å². The smallest absolute Gasteiger partial charge is 0.263 e. The van der Waals surface area contributed by atoms with Gasteiger partial charge in [0.15, 0.2) is 0 Å². The number of nitrogens with zero attached hydrogens (tertiary/aromatic N) is 2. The van der Waals surface area contributed by atoms with Crippen molar-refractivity contribution in [3.63, 3.8) is 0 Å². The van der Waals surface area contributed by atoms with Crippen LogP contribution in [0, 0.1) is 49.4 Å². The van der Waals surface area contributed by atoms with Gasteiger partial charge in [-0.1, -0.05) is 132 Å². The molecule has 10 rings (SSSR count). The first kappa shape index (κ1) is 93.4. The van der Waals surface area contributed by atoms with Crippen LogP contribution >= 0.6 is 99.9 Å². The van der Waals surface area contributed by atoms with Gasteiger partial charge < -0.3 is 9.47 Å². The van der Waals surface area contributed by atoms with Gasteiger partial charge in [0, 0.05) is 48.6 Å². The average Bonchev–Trinajstić information content (AvgIpc) is 1.58. The summed E-state index contributed by atoms with van der Waals surface area (Å²) in [6.07, 6.45) is 29.3. The molecule has 10 atom stereocenters. The van der Waals surface area contributed by atoms with Crippen molar-refractivity contribution in [2.45, 2.75) is 312 Å². The number of rotatable bonds is 44. The van der Waals surface area contributed by atoms with Crippen LogP contribution in [0.5, 0.6) is 0 Å². The van der Waals surface area contributed by atoms with E-state index in [1.54, 1.807) is 33.4 Å². The third-order valence-electron chi connectivity index (χ3n) is 23.3. The van der Waals surface area contributed by atoms with Gasteiger partial charge >= 0.3 is 260 Å². The number of hydrogen-bond acceptors (Lipinski definition) is 14. The number of hydrogen-bond donors (Lipinski definition) is 0. The molecule has 0 spiro atoms. The molecule has 4 amide bonds. The fourth-order valence-corrected chi connectivity index (χ4v) is 35.5. The van der Waals surface area contributed by atoms with E-state index in [0.717, 1.165) is 119 Å². The van der Waals surface area contributed by atoms with Crippen molar-refractivity contribution in [2.24, 2.45) is 35.5 Å². The summed E-state index contributed by atoms with van der Waals surface area (Å²) in [6.45, 7) is 35.5. The summed E-state index contributed by atoms with van der Waals surface area (Å²) >= 11 is 13.0. The molecule has 20 heteroatoms. The van der Waals surface area contributed by atoms with E-state index in [1.807, 2.05) is 18.3 Å². The van der Waals surface area contributed by atoms with E-state index in [2.05, 4.69) is 198 Å². The van der Waals surface area contributed by atoms with Crippen molar-refractivity contribution in [2.75, 3.05) is 39.5 Å². The molecule has 0 bridgehead atoms. The van der Waals surface area contributed by atoms with Gasteiger partial charge in [0.05, 0.1) is 47.9 Å². The minimum atomic E-state index is -2.25. The number of amides is 4. The van der Waals surface area contributed by atoms with Gasteiger partial charge in [-0.3, -0.25) is 29.0 Å². The van der Waals surface area contributed by atoms with Gasteiger partial charge in [-0.25, -0.2) is 0 Å². The Balaban J connectivity index is 0.000000224. The molecule has 0 N–H and O–H groups in total. The summed E-state index contributed by atoms with van der Waals surface area (Å²) in [4.78, 5) is 80.7. The Labute approximate surface area is 708 Å². The maximum absolute atomic E-state index is 14.1. The van der Waals surface area contributed by atoms with Crippen LogP contribution < -0.4 is 5.79 Å². The number of thiophene rings is 6. The van der Waals surface area contributed by atoms with Crippen molar-refractivity contribution in [1.82, 2.24) is 9.80 Å². The molecule has 0 saturated carbocycles. The molecule has 0 fully saturated rings. The molecular weight excluding hydrogens is 1810 g/mol. The first-order valence-electron chi connectivity index (χ1n) is 42.5. The second kappa shape index (κ2) is 44.6. The molecule has 608 valence electrons. The molecule has 0 aromatic carbocycles. The van der Waals surface area contributed by atoms with Crippen LogP contribution in [0.4, 0.5) is 0 Å². The molecule has 10 nitrogen and oxygen atoms in total. The number of carbonyl (C=O) groups excluding carboxylic acids is 4. The van der Waals surface area contributed by atoms with E-state index < -0.39 is 36.8 Å². The molecule has 8 heterocycles. The maximum Gasteiger partial charge on any atom is 0.263 e. The summed E-state index contributed by atoms with van der Waals surface area (Å²) in [7, 11) is 0. The Morgan fingerprint density at radius 1 is 0.376 bits per heavy atom. The zero-order valence-electron chi connectivity index (χ0n) is 70.4. The molecule has 10 unspecified atom stereocenters. The second-order valence-corrected chi connectivity index (χ2v) is 74.0. The first-order valence-corrected chi connectivity index (χ1v) is 68.9. The van der Waals surface area contributed by atoms with E-state index in [9.17, 15) is 19.2 Å². The Morgan fingerprint density at radius 2 is 0.706 bits per heavy atom. The molecule has 6 aromatic rings. The second-order valence-electron chi connectivity index (χ2n) is 33.7. The summed E-state index contributed by atoms with van der Waals surface area (Å²) in [5, 5.41) is 0. The molecule has 0 radical (unpaired) electrons. The quantitative estimate of drug-likeness (QED) is 0.0275.